The summed E-state index contributed by atoms with van der Waals surface area (Å²) in [5.74, 6) is 1.30. The summed E-state index contributed by atoms with van der Waals surface area (Å²) in [6.07, 6.45) is 8.27. The smallest absolute Gasteiger partial charge is 0.410 e. The molecule has 2 atom stereocenters. The van der Waals surface area contributed by atoms with Crippen molar-refractivity contribution < 1.29 is 18.3 Å². The highest BCUT2D eigenvalue weighted by Crippen LogP contribution is 2.38. The quantitative estimate of drug-likeness (QED) is 0.359. The topological polar surface area (TPSA) is 91.4 Å². The fourth-order valence-electron chi connectivity index (χ4n) is 5.88. The molecule has 6 rings (SSSR count). The summed E-state index contributed by atoms with van der Waals surface area (Å²) in [7, 11) is 0. The van der Waals surface area contributed by atoms with Crippen LogP contribution in [0.15, 0.2) is 41.3 Å². The van der Waals surface area contributed by atoms with Gasteiger partial charge in [0.15, 0.2) is 5.82 Å². The van der Waals surface area contributed by atoms with Gasteiger partial charge in [-0.2, -0.15) is 4.98 Å². The van der Waals surface area contributed by atoms with Crippen molar-refractivity contribution in [1.29, 1.82) is 0 Å². The first-order valence-corrected chi connectivity index (χ1v) is 13.1. The van der Waals surface area contributed by atoms with Gasteiger partial charge in [0.2, 0.25) is 0 Å². The minimum absolute atomic E-state index is 0.0108. The predicted octanol–water partition coefficient (Wildman–Crippen LogP) is 4.99. The van der Waals surface area contributed by atoms with Gasteiger partial charge in [0.25, 0.3) is 0 Å². The zero-order chi connectivity index (χ0) is 28.3. The molecule has 2 aliphatic heterocycles. The number of aromatic amines is 1. The van der Waals surface area contributed by atoms with E-state index in [-0.39, 0.29) is 35.0 Å². The number of benzene rings is 2. The van der Waals surface area contributed by atoms with E-state index in [1.807, 2.05) is 25.7 Å². The van der Waals surface area contributed by atoms with E-state index in [1.54, 1.807) is 29.2 Å². The summed E-state index contributed by atoms with van der Waals surface area (Å²) in [6.45, 7) is 6.31. The van der Waals surface area contributed by atoms with Gasteiger partial charge in [-0.05, 0) is 45.1 Å². The Morgan fingerprint density at radius 3 is 2.55 bits per heavy atom. The average molecular weight is 544 g/mol. The molecule has 4 aromatic rings. The van der Waals surface area contributed by atoms with Crippen molar-refractivity contribution in [3.63, 3.8) is 0 Å². The lowest BCUT2D eigenvalue weighted by molar-refractivity contribution is 0.0123. The van der Waals surface area contributed by atoms with Crippen LogP contribution >= 0.6 is 0 Å². The van der Waals surface area contributed by atoms with Crippen molar-refractivity contribution in [2.45, 2.75) is 51.3 Å². The molecule has 40 heavy (non-hydrogen) atoms. The maximum atomic E-state index is 16.1. The Bertz CT molecular complexity index is 1780. The summed E-state index contributed by atoms with van der Waals surface area (Å²) in [4.78, 5) is 40.3. The van der Waals surface area contributed by atoms with Crippen LogP contribution in [0.4, 0.5) is 19.4 Å². The molecule has 0 spiro atoms. The number of piperazine rings is 1. The third-order valence-electron chi connectivity index (χ3n) is 7.48. The first-order valence-electron chi connectivity index (χ1n) is 13.1. The molecule has 10 heteroatoms. The highest BCUT2D eigenvalue weighted by atomic mass is 19.1. The maximum absolute atomic E-state index is 16.1. The molecular formula is C30H27F2N5O3. The number of fused-ring (bicyclic) bond motifs is 4. The van der Waals surface area contributed by atoms with Gasteiger partial charge in [-0.15, -0.1) is 6.42 Å². The number of ether oxygens (including phenoxy) is 1. The Labute approximate surface area is 229 Å². The zero-order valence-electron chi connectivity index (χ0n) is 22.3. The van der Waals surface area contributed by atoms with Crippen LogP contribution in [-0.4, -0.2) is 56.7 Å². The third kappa shape index (κ3) is 4.22. The van der Waals surface area contributed by atoms with E-state index in [2.05, 4.69) is 20.9 Å². The number of H-pyrrole nitrogens is 1. The highest BCUT2D eigenvalue weighted by Gasteiger charge is 2.45. The number of amides is 1. The van der Waals surface area contributed by atoms with Crippen LogP contribution in [0.3, 0.4) is 0 Å². The number of nitrogens with one attached hydrogen (secondary N) is 1. The van der Waals surface area contributed by atoms with Crippen LogP contribution in [0.25, 0.3) is 32.9 Å². The van der Waals surface area contributed by atoms with Gasteiger partial charge in [0, 0.05) is 30.2 Å². The molecule has 1 N–H and O–H groups in total. The first-order chi connectivity index (χ1) is 19.1. The number of hydrogen-bond donors (Lipinski definition) is 1. The maximum Gasteiger partial charge on any atom is 0.410 e. The fourth-order valence-corrected chi connectivity index (χ4v) is 5.88. The van der Waals surface area contributed by atoms with E-state index in [0.717, 1.165) is 12.8 Å². The van der Waals surface area contributed by atoms with Gasteiger partial charge in [-0.1, -0.05) is 30.2 Å². The van der Waals surface area contributed by atoms with Crippen molar-refractivity contribution in [3.05, 3.63) is 64.2 Å². The summed E-state index contributed by atoms with van der Waals surface area (Å²) < 4.78 is 36.3. The van der Waals surface area contributed by atoms with Gasteiger partial charge in [-0.25, -0.2) is 18.4 Å². The molecule has 2 aromatic carbocycles. The summed E-state index contributed by atoms with van der Waals surface area (Å²) >= 11 is 0. The standard InChI is InChI=1S/C30H27F2N5O3/c1-5-19-22(31)12-9-16-7-6-8-20(23(16)19)25-24(32)26-21(13-33-25)27(35-28(38)34-26)36-14-17-10-11-18(15-36)37(17)29(39)40-30(2,3)4/h1,6-9,12-13,17-18H,10-11,14-15H2,2-4H3,(H,34,35,38). The Hall–Kier alpha value is -4.52. The first kappa shape index (κ1) is 25.7. The number of anilines is 1. The molecule has 8 nitrogen and oxygen atoms in total. The minimum Gasteiger partial charge on any atom is -0.444 e. The van der Waals surface area contributed by atoms with E-state index in [4.69, 9.17) is 11.2 Å². The van der Waals surface area contributed by atoms with Crippen molar-refractivity contribution in [2.75, 3.05) is 18.0 Å². The van der Waals surface area contributed by atoms with Gasteiger partial charge >= 0.3 is 11.8 Å². The van der Waals surface area contributed by atoms with Crippen LogP contribution in [0.2, 0.25) is 0 Å². The molecule has 204 valence electrons. The molecular weight excluding hydrogens is 516 g/mol. The van der Waals surface area contributed by atoms with Crippen molar-refractivity contribution in [3.8, 4) is 23.6 Å². The van der Waals surface area contributed by atoms with Gasteiger partial charge < -0.3 is 14.6 Å². The number of pyridine rings is 1. The zero-order valence-corrected chi connectivity index (χ0v) is 22.3. The van der Waals surface area contributed by atoms with Gasteiger partial charge in [0.1, 0.15) is 22.9 Å². The molecule has 4 heterocycles. The molecule has 2 bridgehead atoms. The molecule has 2 aliphatic rings. The third-order valence-corrected chi connectivity index (χ3v) is 7.48. The molecule has 2 aromatic heterocycles. The lowest BCUT2D eigenvalue weighted by Crippen LogP contribution is -2.57. The number of carbonyl (C=O) groups is 1. The van der Waals surface area contributed by atoms with Crippen molar-refractivity contribution in [1.82, 2.24) is 19.9 Å². The predicted molar refractivity (Wildman–Crippen MR) is 148 cm³/mol. The number of rotatable bonds is 2. The summed E-state index contributed by atoms with van der Waals surface area (Å²) in [6, 6.07) is 7.67. The normalized spacial score (nSPS) is 18.8. The van der Waals surface area contributed by atoms with E-state index in [0.29, 0.717) is 40.6 Å². The molecule has 0 aliphatic carbocycles. The Morgan fingerprint density at radius 2 is 1.88 bits per heavy atom. The number of terminal acetylenes is 1. The highest BCUT2D eigenvalue weighted by molar-refractivity contribution is 6.02. The summed E-state index contributed by atoms with van der Waals surface area (Å²) in [5, 5.41) is 1.33. The van der Waals surface area contributed by atoms with E-state index in [1.165, 1.54) is 12.3 Å². The number of halogens is 2. The second-order valence-corrected chi connectivity index (χ2v) is 11.2. The number of carbonyl (C=O) groups excluding carboxylic acids is 1. The van der Waals surface area contributed by atoms with Crippen LogP contribution in [0.1, 0.15) is 39.2 Å². The molecule has 2 fully saturated rings. The Balaban J connectivity index is 1.42. The molecule has 2 saturated heterocycles. The van der Waals surface area contributed by atoms with Crippen molar-refractivity contribution >= 4 is 33.6 Å². The second-order valence-electron chi connectivity index (χ2n) is 11.2. The molecule has 0 saturated carbocycles. The number of nitrogens with zero attached hydrogens (tertiary/aromatic N) is 4. The fraction of sp³-hybridized carbons (Fsp3) is 0.333. The molecule has 1 amide bonds. The lowest BCUT2D eigenvalue weighted by Gasteiger charge is -2.41. The van der Waals surface area contributed by atoms with Crippen LogP contribution < -0.4 is 10.6 Å². The molecule has 0 radical (unpaired) electrons. The van der Waals surface area contributed by atoms with Crippen molar-refractivity contribution in [2.24, 2.45) is 0 Å². The van der Waals surface area contributed by atoms with Gasteiger partial charge in [-0.3, -0.25) is 9.88 Å². The SMILES string of the molecule is C#Cc1c(F)ccc2cccc(-c3ncc4c(N5CC6CCC(C5)N6C(=O)OC(C)(C)C)nc(=O)[nH]c4c3F)c12. The Kier molecular flexibility index (Phi) is 5.98. The van der Waals surface area contributed by atoms with Crippen LogP contribution in [0, 0.1) is 24.0 Å². The molecule has 2 unspecified atom stereocenters. The number of aromatic nitrogens is 3. The monoisotopic (exact) mass is 543 g/mol. The van der Waals surface area contributed by atoms with E-state index >= 15 is 4.39 Å². The van der Waals surface area contributed by atoms with Gasteiger partial charge in [0.05, 0.1) is 28.6 Å². The average Bonchev–Trinajstić information content (AvgIpc) is 3.17. The summed E-state index contributed by atoms with van der Waals surface area (Å²) in [5.41, 5.74) is -1.13. The number of hydrogen-bond acceptors (Lipinski definition) is 6. The largest absolute Gasteiger partial charge is 0.444 e. The van der Waals surface area contributed by atoms with Crippen LogP contribution in [-0.2, 0) is 4.74 Å². The minimum atomic E-state index is -0.770. The second kappa shape index (κ2) is 9.30. The van der Waals surface area contributed by atoms with Crippen LogP contribution in [0.5, 0.6) is 0 Å². The Morgan fingerprint density at radius 1 is 1.15 bits per heavy atom. The van der Waals surface area contributed by atoms with E-state index in [9.17, 15) is 14.0 Å². The lowest BCUT2D eigenvalue weighted by atomic mass is 9.96. The van der Waals surface area contributed by atoms with E-state index < -0.39 is 22.9 Å².